The van der Waals surface area contributed by atoms with Crippen LogP contribution in [-0.4, -0.2) is 15.5 Å². The number of benzene rings is 1. The first-order valence-electron chi connectivity index (χ1n) is 6.99. The van der Waals surface area contributed by atoms with Crippen molar-refractivity contribution in [1.29, 1.82) is 0 Å². The molecule has 5 nitrogen and oxygen atoms in total. The van der Waals surface area contributed by atoms with Gasteiger partial charge >= 0.3 is 0 Å². The first-order valence-corrected chi connectivity index (χ1v) is 6.99. The Kier molecular flexibility index (Phi) is 3.47. The van der Waals surface area contributed by atoms with E-state index >= 15 is 0 Å². The molecule has 3 rings (SSSR count). The zero-order valence-electron chi connectivity index (χ0n) is 12.1. The Labute approximate surface area is 127 Å². The molecule has 2 heterocycles. The lowest BCUT2D eigenvalue weighted by atomic mass is 10.0. The lowest BCUT2D eigenvalue weighted by molar-refractivity contribution is 0.0999. The van der Waals surface area contributed by atoms with Crippen LogP contribution in [0.1, 0.15) is 17.3 Å². The number of amides is 1. The summed E-state index contributed by atoms with van der Waals surface area (Å²) < 4.78 is 1.86. The van der Waals surface area contributed by atoms with Gasteiger partial charge in [-0.05, 0) is 42.3 Å². The van der Waals surface area contributed by atoms with Crippen molar-refractivity contribution >= 4 is 16.8 Å². The van der Waals surface area contributed by atoms with Crippen molar-refractivity contribution in [1.82, 2.24) is 9.55 Å². The second-order valence-corrected chi connectivity index (χ2v) is 4.99. The number of nitrogens with two attached hydrogens (primary N) is 1. The van der Waals surface area contributed by atoms with Crippen molar-refractivity contribution in [3.05, 3.63) is 64.7 Å². The Hall–Kier alpha value is -2.95. The van der Waals surface area contributed by atoms with Crippen LogP contribution in [0.5, 0.6) is 0 Å². The van der Waals surface area contributed by atoms with E-state index in [-0.39, 0.29) is 11.0 Å². The molecule has 1 aromatic carbocycles. The van der Waals surface area contributed by atoms with Gasteiger partial charge in [0.2, 0.25) is 5.43 Å². The zero-order valence-corrected chi connectivity index (χ0v) is 12.1. The van der Waals surface area contributed by atoms with Crippen LogP contribution < -0.4 is 11.2 Å². The second-order valence-electron chi connectivity index (χ2n) is 4.99. The molecule has 0 atom stereocenters. The summed E-state index contributed by atoms with van der Waals surface area (Å²) in [5.74, 6) is -0.702. The SMILES string of the molecule is CCn1cc(C(N)=O)c(=O)c2ccc(-c3ccncc3)cc21. The fourth-order valence-corrected chi connectivity index (χ4v) is 2.55. The number of pyridine rings is 2. The van der Waals surface area contributed by atoms with E-state index in [9.17, 15) is 9.59 Å². The van der Waals surface area contributed by atoms with E-state index in [0.717, 1.165) is 16.6 Å². The normalized spacial score (nSPS) is 10.8. The highest BCUT2D eigenvalue weighted by Gasteiger charge is 2.13. The summed E-state index contributed by atoms with van der Waals surface area (Å²) in [5, 5.41) is 0.496. The van der Waals surface area contributed by atoms with Gasteiger partial charge in [0.05, 0.1) is 5.52 Å². The van der Waals surface area contributed by atoms with E-state index in [1.807, 2.05) is 35.8 Å². The molecule has 22 heavy (non-hydrogen) atoms. The summed E-state index contributed by atoms with van der Waals surface area (Å²) in [4.78, 5) is 27.8. The monoisotopic (exact) mass is 293 g/mol. The van der Waals surface area contributed by atoms with E-state index < -0.39 is 5.91 Å². The fourth-order valence-electron chi connectivity index (χ4n) is 2.55. The van der Waals surface area contributed by atoms with E-state index in [0.29, 0.717) is 11.9 Å². The van der Waals surface area contributed by atoms with Crippen molar-refractivity contribution in [2.45, 2.75) is 13.5 Å². The molecular formula is C17H15N3O2. The van der Waals surface area contributed by atoms with Crippen LogP contribution in [-0.2, 0) is 6.54 Å². The summed E-state index contributed by atoms with van der Waals surface area (Å²) in [6.45, 7) is 2.59. The number of carbonyl (C=O) groups is 1. The van der Waals surface area contributed by atoms with Gasteiger partial charge in [-0.3, -0.25) is 14.6 Å². The van der Waals surface area contributed by atoms with Crippen molar-refractivity contribution in [3.8, 4) is 11.1 Å². The third-order valence-corrected chi connectivity index (χ3v) is 3.70. The van der Waals surface area contributed by atoms with Crippen LogP contribution in [0.4, 0.5) is 0 Å². The largest absolute Gasteiger partial charge is 0.365 e. The molecule has 2 N–H and O–H groups in total. The molecule has 0 aliphatic carbocycles. The Balaban J connectivity index is 2.31. The van der Waals surface area contributed by atoms with Crippen LogP contribution in [0.15, 0.2) is 53.7 Å². The molecule has 2 aromatic heterocycles. The van der Waals surface area contributed by atoms with Crippen LogP contribution >= 0.6 is 0 Å². The van der Waals surface area contributed by atoms with Gasteiger partial charge in [-0.25, -0.2) is 0 Å². The Bertz CT molecular complexity index is 914. The molecule has 0 saturated carbocycles. The average Bonchev–Trinajstić information content (AvgIpc) is 2.55. The Morgan fingerprint density at radius 1 is 1.18 bits per heavy atom. The third-order valence-electron chi connectivity index (χ3n) is 3.70. The van der Waals surface area contributed by atoms with Crippen molar-refractivity contribution in [2.24, 2.45) is 5.73 Å². The van der Waals surface area contributed by atoms with Crippen LogP contribution in [0, 0.1) is 0 Å². The third kappa shape index (κ3) is 2.26. The number of fused-ring (bicyclic) bond motifs is 1. The van der Waals surface area contributed by atoms with Crippen LogP contribution in [0.25, 0.3) is 22.0 Å². The smallest absolute Gasteiger partial charge is 0.254 e. The van der Waals surface area contributed by atoms with Gasteiger partial charge in [-0.15, -0.1) is 0 Å². The molecule has 0 bridgehead atoms. The molecule has 0 fully saturated rings. The summed E-state index contributed by atoms with van der Waals surface area (Å²) in [6.07, 6.45) is 4.98. The molecule has 0 radical (unpaired) electrons. The standard InChI is InChI=1S/C17H15N3O2/c1-2-20-10-14(17(18)22)16(21)13-4-3-12(9-15(13)20)11-5-7-19-8-6-11/h3-10H,2H2,1H3,(H2,18,22). The highest BCUT2D eigenvalue weighted by Crippen LogP contribution is 2.23. The minimum atomic E-state index is -0.702. The number of hydrogen-bond acceptors (Lipinski definition) is 3. The number of rotatable bonds is 3. The van der Waals surface area contributed by atoms with Crippen molar-refractivity contribution in [3.63, 3.8) is 0 Å². The zero-order chi connectivity index (χ0) is 15.7. The summed E-state index contributed by atoms with van der Waals surface area (Å²) in [6, 6.07) is 9.37. The van der Waals surface area contributed by atoms with Crippen LogP contribution in [0.3, 0.4) is 0 Å². The molecule has 110 valence electrons. The van der Waals surface area contributed by atoms with E-state index in [1.165, 1.54) is 6.20 Å². The number of aromatic nitrogens is 2. The van der Waals surface area contributed by atoms with Crippen molar-refractivity contribution in [2.75, 3.05) is 0 Å². The lowest BCUT2D eigenvalue weighted by Gasteiger charge is -2.12. The van der Waals surface area contributed by atoms with Crippen molar-refractivity contribution < 1.29 is 4.79 Å². The van der Waals surface area contributed by atoms with Crippen LogP contribution in [0.2, 0.25) is 0 Å². The van der Waals surface area contributed by atoms with E-state index in [4.69, 9.17) is 5.73 Å². The van der Waals surface area contributed by atoms with E-state index in [1.54, 1.807) is 18.5 Å². The number of aryl methyl sites for hydroxylation is 1. The minimum Gasteiger partial charge on any atom is -0.365 e. The number of primary amides is 1. The molecule has 0 saturated heterocycles. The Morgan fingerprint density at radius 3 is 2.55 bits per heavy atom. The maximum absolute atomic E-state index is 12.4. The second kappa shape index (κ2) is 5.44. The summed E-state index contributed by atoms with van der Waals surface area (Å²) >= 11 is 0. The van der Waals surface area contributed by atoms with Gasteiger partial charge in [0.1, 0.15) is 5.56 Å². The molecule has 5 heteroatoms. The molecule has 3 aromatic rings. The molecule has 0 unspecified atom stereocenters. The number of nitrogens with zero attached hydrogens (tertiary/aromatic N) is 2. The Morgan fingerprint density at radius 2 is 1.91 bits per heavy atom. The van der Waals surface area contributed by atoms with E-state index in [2.05, 4.69) is 4.98 Å². The minimum absolute atomic E-state index is 0.0195. The van der Waals surface area contributed by atoms with Gasteiger partial charge in [0.15, 0.2) is 0 Å². The molecular weight excluding hydrogens is 278 g/mol. The number of hydrogen-bond donors (Lipinski definition) is 1. The maximum Gasteiger partial charge on any atom is 0.254 e. The quantitative estimate of drug-likeness (QED) is 0.804. The van der Waals surface area contributed by atoms with Gasteiger partial charge in [0.25, 0.3) is 5.91 Å². The first kappa shape index (κ1) is 14.0. The van der Waals surface area contributed by atoms with Gasteiger partial charge in [-0.2, -0.15) is 0 Å². The fraction of sp³-hybridized carbons (Fsp3) is 0.118. The average molecular weight is 293 g/mol. The summed E-state index contributed by atoms with van der Waals surface area (Å²) in [5.41, 5.74) is 7.78. The van der Waals surface area contributed by atoms with Gasteiger partial charge < -0.3 is 10.3 Å². The summed E-state index contributed by atoms with van der Waals surface area (Å²) in [7, 11) is 0. The van der Waals surface area contributed by atoms with Gasteiger partial charge in [0, 0.05) is 30.5 Å². The number of carbonyl (C=O) groups excluding carboxylic acids is 1. The van der Waals surface area contributed by atoms with Gasteiger partial charge in [-0.1, -0.05) is 6.07 Å². The first-order chi connectivity index (χ1) is 10.6. The lowest BCUT2D eigenvalue weighted by Crippen LogP contribution is -2.24. The molecule has 0 aliphatic heterocycles. The predicted octanol–water partition coefficient (Wildman–Crippen LogP) is 2.18. The highest BCUT2D eigenvalue weighted by atomic mass is 16.2. The molecule has 0 spiro atoms. The topological polar surface area (TPSA) is 78.0 Å². The highest BCUT2D eigenvalue weighted by molar-refractivity contribution is 5.96. The maximum atomic E-state index is 12.4. The molecule has 1 amide bonds. The molecule has 0 aliphatic rings. The predicted molar refractivity (Wildman–Crippen MR) is 85.6 cm³/mol.